The number of aryl methyl sites for hydroxylation is 1. The topological polar surface area (TPSA) is 51.2 Å². The summed E-state index contributed by atoms with van der Waals surface area (Å²) in [4.78, 5) is 11.8. The number of hydrogen-bond acceptors (Lipinski definition) is 3. The Balaban J connectivity index is 1.68. The van der Waals surface area contributed by atoms with Crippen molar-refractivity contribution in [2.24, 2.45) is 5.92 Å². The molecule has 104 valence electrons. The Bertz CT molecular complexity index is 520. The van der Waals surface area contributed by atoms with Crippen LogP contribution in [0, 0.1) is 5.92 Å². The molecule has 1 aromatic carbocycles. The van der Waals surface area contributed by atoms with Gasteiger partial charge in [0.2, 0.25) is 0 Å². The summed E-state index contributed by atoms with van der Waals surface area (Å²) in [5.41, 5.74) is 1.25. The maximum atomic E-state index is 11.8. The first-order valence-electron chi connectivity index (χ1n) is 6.81. The van der Waals surface area contributed by atoms with Crippen LogP contribution in [-0.2, 0) is 21.1 Å². The Kier molecular flexibility index (Phi) is 4.75. The van der Waals surface area contributed by atoms with Crippen molar-refractivity contribution in [1.29, 1.82) is 0 Å². The molecule has 0 aromatic heterocycles. The van der Waals surface area contributed by atoms with Crippen molar-refractivity contribution in [3.05, 3.63) is 35.9 Å². The Morgan fingerprint density at radius 2 is 1.95 bits per heavy atom. The van der Waals surface area contributed by atoms with Gasteiger partial charge >= 0.3 is 0 Å². The molecule has 0 saturated carbocycles. The second-order valence-electron chi connectivity index (χ2n) is 5.35. The minimum Gasteiger partial charge on any atom is -0.300 e. The second-order valence-corrected chi connectivity index (χ2v) is 7.58. The van der Waals surface area contributed by atoms with Crippen LogP contribution in [0.1, 0.15) is 31.2 Å². The lowest BCUT2D eigenvalue weighted by Crippen LogP contribution is -2.10. The molecular weight excluding hydrogens is 260 g/mol. The van der Waals surface area contributed by atoms with Crippen molar-refractivity contribution in [3.63, 3.8) is 0 Å². The minimum absolute atomic E-state index is 0.0641. The van der Waals surface area contributed by atoms with E-state index in [2.05, 4.69) is 12.1 Å². The average molecular weight is 280 g/mol. The summed E-state index contributed by atoms with van der Waals surface area (Å²) in [7, 11) is -2.86. The summed E-state index contributed by atoms with van der Waals surface area (Å²) < 4.78 is 22.6. The first-order chi connectivity index (χ1) is 9.05. The highest BCUT2D eigenvalue weighted by molar-refractivity contribution is 7.91. The largest absolute Gasteiger partial charge is 0.300 e. The number of sulfone groups is 1. The fraction of sp³-hybridized carbons (Fsp3) is 0.533. The number of hydrogen-bond donors (Lipinski definition) is 0. The van der Waals surface area contributed by atoms with Crippen LogP contribution in [0.3, 0.4) is 0 Å². The molecule has 0 N–H and O–H groups in total. The zero-order valence-electron chi connectivity index (χ0n) is 11.0. The summed E-state index contributed by atoms with van der Waals surface area (Å²) >= 11 is 0. The van der Waals surface area contributed by atoms with Gasteiger partial charge in [-0.3, -0.25) is 4.79 Å². The molecule has 0 radical (unpaired) electrons. The van der Waals surface area contributed by atoms with E-state index in [0.717, 1.165) is 12.8 Å². The van der Waals surface area contributed by atoms with Crippen molar-refractivity contribution >= 4 is 15.6 Å². The molecule has 0 aliphatic carbocycles. The van der Waals surface area contributed by atoms with Gasteiger partial charge in [-0.25, -0.2) is 8.42 Å². The highest BCUT2D eigenvalue weighted by Crippen LogP contribution is 2.22. The molecule has 1 aliphatic rings. The number of Topliss-reactive ketones (excluding diaryl/α,β-unsaturated/α-hetero) is 1. The van der Waals surface area contributed by atoms with Crippen LogP contribution >= 0.6 is 0 Å². The van der Waals surface area contributed by atoms with Crippen LogP contribution in [0.15, 0.2) is 30.3 Å². The summed E-state index contributed by atoms with van der Waals surface area (Å²) in [6.45, 7) is 0. The monoisotopic (exact) mass is 280 g/mol. The van der Waals surface area contributed by atoms with Gasteiger partial charge < -0.3 is 0 Å². The van der Waals surface area contributed by atoms with E-state index in [4.69, 9.17) is 0 Å². The molecule has 1 saturated heterocycles. The predicted octanol–water partition coefficient (Wildman–Crippen LogP) is 2.40. The van der Waals surface area contributed by atoms with Crippen LogP contribution in [0.2, 0.25) is 0 Å². The van der Waals surface area contributed by atoms with Gasteiger partial charge in [0.05, 0.1) is 11.5 Å². The molecule has 1 aromatic rings. The van der Waals surface area contributed by atoms with E-state index in [1.807, 2.05) is 18.2 Å². The zero-order chi connectivity index (χ0) is 13.7. The van der Waals surface area contributed by atoms with Crippen LogP contribution < -0.4 is 0 Å². The molecule has 0 amide bonds. The van der Waals surface area contributed by atoms with E-state index in [1.54, 1.807) is 0 Å². The lowest BCUT2D eigenvalue weighted by Gasteiger charge is -2.06. The van der Waals surface area contributed by atoms with Crippen LogP contribution in [0.25, 0.3) is 0 Å². The Hall–Kier alpha value is -1.16. The highest BCUT2D eigenvalue weighted by Gasteiger charge is 2.28. The summed E-state index contributed by atoms with van der Waals surface area (Å²) in [6, 6.07) is 10.1. The molecule has 1 aliphatic heterocycles. The molecule has 0 bridgehead atoms. The first kappa shape index (κ1) is 14.3. The van der Waals surface area contributed by atoms with E-state index < -0.39 is 9.84 Å². The lowest BCUT2D eigenvalue weighted by molar-refractivity contribution is -0.119. The lowest BCUT2D eigenvalue weighted by atomic mass is 9.98. The van der Waals surface area contributed by atoms with Gasteiger partial charge in [0.15, 0.2) is 9.84 Å². The third-order valence-electron chi connectivity index (χ3n) is 3.61. The summed E-state index contributed by atoms with van der Waals surface area (Å²) in [6.07, 6.45) is 3.42. The van der Waals surface area contributed by atoms with Gasteiger partial charge in [0.25, 0.3) is 0 Å². The second kappa shape index (κ2) is 6.33. The van der Waals surface area contributed by atoms with Crippen molar-refractivity contribution in [2.75, 3.05) is 11.5 Å². The number of benzene rings is 1. The van der Waals surface area contributed by atoms with E-state index in [1.165, 1.54) is 5.56 Å². The molecule has 1 fully saturated rings. The summed E-state index contributed by atoms with van der Waals surface area (Å²) in [5.74, 6) is 0.735. The SMILES string of the molecule is O=C(CCCc1ccccc1)CC1CCS(=O)(=O)C1. The number of carbonyl (C=O) groups is 1. The summed E-state index contributed by atoms with van der Waals surface area (Å²) in [5, 5.41) is 0. The molecule has 19 heavy (non-hydrogen) atoms. The van der Waals surface area contributed by atoms with Crippen molar-refractivity contribution in [3.8, 4) is 0 Å². The van der Waals surface area contributed by atoms with Crippen molar-refractivity contribution < 1.29 is 13.2 Å². The van der Waals surface area contributed by atoms with E-state index in [-0.39, 0.29) is 23.2 Å². The number of rotatable bonds is 6. The molecular formula is C15H20O3S. The number of carbonyl (C=O) groups excluding carboxylic acids is 1. The van der Waals surface area contributed by atoms with Crippen molar-refractivity contribution in [2.45, 2.75) is 32.1 Å². The predicted molar refractivity (Wildman–Crippen MR) is 75.8 cm³/mol. The van der Waals surface area contributed by atoms with E-state index in [9.17, 15) is 13.2 Å². The molecule has 1 unspecified atom stereocenters. The smallest absolute Gasteiger partial charge is 0.150 e. The average Bonchev–Trinajstić information content (AvgIpc) is 2.70. The van der Waals surface area contributed by atoms with E-state index in [0.29, 0.717) is 19.3 Å². The van der Waals surface area contributed by atoms with Crippen molar-refractivity contribution in [1.82, 2.24) is 0 Å². The molecule has 0 spiro atoms. The standard InChI is InChI=1S/C15H20O3S/c16-15(11-14-9-10-19(17,18)12-14)8-4-7-13-5-2-1-3-6-13/h1-3,5-6,14H,4,7-12H2. The Labute approximate surface area is 114 Å². The fourth-order valence-electron chi connectivity index (χ4n) is 2.59. The molecule has 1 atom stereocenters. The van der Waals surface area contributed by atoms with Gasteiger partial charge in [-0.05, 0) is 30.7 Å². The van der Waals surface area contributed by atoms with Gasteiger partial charge in [0.1, 0.15) is 5.78 Å². The normalized spacial score (nSPS) is 21.4. The maximum absolute atomic E-state index is 11.8. The van der Waals surface area contributed by atoms with Crippen LogP contribution in [-0.4, -0.2) is 25.7 Å². The van der Waals surface area contributed by atoms with E-state index >= 15 is 0 Å². The third kappa shape index (κ3) is 4.78. The van der Waals surface area contributed by atoms with Gasteiger partial charge in [-0.2, -0.15) is 0 Å². The van der Waals surface area contributed by atoms with Gasteiger partial charge in [-0.1, -0.05) is 30.3 Å². The highest BCUT2D eigenvalue weighted by atomic mass is 32.2. The maximum Gasteiger partial charge on any atom is 0.150 e. The van der Waals surface area contributed by atoms with Gasteiger partial charge in [0, 0.05) is 12.8 Å². The Morgan fingerprint density at radius 3 is 2.58 bits per heavy atom. The number of ketones is 1. The third-order valence-corrected chi connectivity index (χ3v) is 5.44. The quantitative estimate of drug-likeness (QED) is 0.804. The molecule has 1 heterocycles. The van der Waals surface area contributed by atoms with Crippen LogP contribution in [0.5, 0.6) is 0 Å². The Morgan fingerprint density at radius 1 is 1.21 bits per heavy atom. The zero-order valence-corrected chi connectivity index (χ0v) is 11.9. The first-order valence-corrected chi connectivity index (χ1v) is 8.63. The molecule has 4 heteroatoms. The van der Waals surface area contributed by atoms with Gasteiger partial charge in [-0.15, -0.1) is 0 Å². The van der Waals surface area contributed by atoms with Crippen LogP contribution in [0.4, 0.5) is 0 Å². The molecule has 3 nitrogen and oxygen atoms in total. The fourth-order valence-corrected chi connectivity index (χ4v) is 4.45. The minimum atomic E-state index is -2.86. The molecule has 2 rings (SSSR count).